The van der Waals surface area contributed by atoms with Crippen molar-refractivity contribution in [2.24, 2.45) is 10.8 Å². The molecule has 0 spiro atoms. The van der Waals surface area contributed by atoms with E-state index in [4.69, 9.17) is 10.2 Å². The van der Waals surface area contributed by atoms with Crippen molar-refractivity contribution >= 4 is 61.5 Å². The van der Waals surface area contributed by atoms with E-state index in [9.17, 15) is 39.6 Å². The number of hydrogen-bond donors (Lipinski definition) is 6. The van der Waals surface area contributed by atoms with Crippen molar-refractivity contribution < 1.29 is 55.3 Å². The quantitative estimate of drug-likeness (QED) is 0.140. The number of carbonyl (C=O) groups is 4. The van der Waals surface area contributed by atoms with E-state index in [1.54, 1.807) is 0 Å². The molecule has 0 saturated carbocycles. The largest absolute Gasteiger partial charge is 2.00 e. The molecule has 0 aromatic rings. The predicted octanol–water partition coefficient (Wildman–Crippen LogP) is -5.96. The summed E-state index contributed by atoms with van der Waals surface area (Å²) >= 11 is 0. The molecule has 0 unspecified atom stereocenters. The van der Waals surface area contributed by atoms with Gasteiger partial charge in [-0.3, -0.25) is 9.59 Å². The first kappa shape index (κ1) is 38.2. The van der Waals surface area contributed by atoms with Crippen molar-refractivity contribution in [1.29, 1.82) is 0 Å². The van der Waals surface area contributed by atoms with E-state index in [1.165, 1.54) is 27.7 Å². The van der Waals surface area contributed by atoms with Crippen LogP contribution >= 0.6 is 0 Å². The van der Waals surface area contributed by atoms with Gasteiger partial charge in [-0.15, -0.1) is 0 Å². The minimum absolute atomic E-state index is 0. The van der Waals surface area contributed by atoms with Gasteiger partial charge >= 0.3 is 37.7 Å². The van der Waals surface area contributed by atoms with Crippen LogP contribution in [0, 0.1) is 10.8 Å². The van der Waals surface area contributed by atoms with Crippen LogP contribution in [-0.2, 0) is 19.2 Å². The maximum absolute atomic E-state index is 11.2. The van der Waals surface area contributed by atoms with Gasteiger partial charge in [0, 0.05) is 48.7 Å². The van der Waals surface area contributed by atoms with Crippen LogP contribution in [0.2, 0.25) is 0 Å². The third kappa shape index (κ3) is 16.6. The van der Waals surface area contributed by atoms with Gasteiger partial charge in [0.25, 0.3) is 0 Å². The number of aliphatic carboxylic acids is 2. The van der Waals surface area contributed by atoms with Crippen LogP contribution in [0.5, 0.6) is 0 Å². The first-order valence-corrected chi connectivity index (χ1v) is 9.15. The molecular weight excluding hydrogens is 460 g/mol. The zero-order chi connectivity index (χ0) is 24.1. The summed E-state index contributed by atoms with van der Waals surface area (Å²) in [5.41, 5.74) is -1.91. The zero-order valence-corrected chi connectivity index (χ0v) is 21.1. The average Bonchev–Trinajstić information content (AvgIpc) is 2.66. The standard InChI is InChI=1S/2C9H17NO5.Ca.H2O/c2*1-9(2,5-11)7(14)8(15)10-4-3-6(12)13;;/h2*7,11,14H,3-5H2,1-2H3,(H,10,15)(H,12,13);;1H2/q;;+2;/p-2/t2*7-;;/m11../s1. The Balaban J connectivity index is -0.000000231. The molecule has 0 bridgehead atoms. The fourth-order valence-corrected chi connectivity index (χ4v) is 1.65. The summed E-state index contributed by atoms with van der Waals surface area (Å²) in [6.07, 6.45) is -3.36. The summed E-state index contributed by atoms with van der Waals surface area (Å²) in [7, 11) is 0. The van der Waals surface area contributed by atoms with Crippen LogP contribution in [0.25, 0.3) is 0 Å². The SMILES string of the molecule is CC(C)(CO)[C@H](O)C(=O)NCCC(=O)[O-].CC(C)(CO)[C@H](O)C(=O)NCCC(=O)[O-].O.[Ca+2]. The number of aliphatic hydroxyl groups excluding tert-OH is 4. The molecule has 32 heavy (non-hydrogen) atoms. The number of hydrogen-bond acceptors (Lipinski definition) is 10. The second kappa shape index (κ2) is 18.4. The van der Waals surface area contributed by atoms with Crippen molar-refractivity contribution in [3.63, 3.8) is 0 Å². The molecule has 0 aromatic carbocycles. The van der Waals surface area contributed by atoms with Gasteiger partial charge in [-0.05, 0) is 0 Å². The molecule has 0 rings (SSSR count). The molecule has 0 aliphatic heterocycles. The van der Waals surface area contributed by atoms with Crippen LogP contribution in [0.3, 0.4) is 0 Å². The van der Waals surface area contributed by atoms with Gasteiger partial charge < -0.3 is 56.3 Å². The number of rotatable bonds is 12. The van der Waals surface area contributed by atoms with Crippen LogP contribution in [0.15, 0.2) is 0 Å². The van der Waals surface area contributed by atoms with Gasteiger partial charge in [0.2, 0.25) is 11.8 Å². The summed E-state index contributed by atoms with van der Waals surface area (Å²) in [6.45, 7) is 5.21. The minimum Gasteiger partial charge on any atom is -0.550 e. The number of nitrogens with one attached hydrogen (secondary N) is 2. The van der Waals surface area contributed by atoms with Crippen LogP contribution in [0.1, 0.15) is 40.5 Å². The van der Waals surface area contributed by atoms with Crippen molar-refractivity contribution in [2.45, 2.75) is 52.7 Å². The normalized spacial score (nSPS) is 12.5. The molecule has 0 saturated heterocycles. The molecule has 184 valence electrons. The molecule has 0 aliphatic carbocycles. The van der Waals surface area contributed by atoms with E-state index in [1.807, 2.05) is 0 Å². The number of amides is 2. The number of aliphatic hydroxyl groups is 4. The van der Waals surface area contributed by atoms with Crippen molar-refractivity contribution in [1.82, 2.24) is 10.6 Å². The Morgan fingerprint density at radius 1 is 0.750 bits per heavy atom. The second-order valence-electron chi connectivity index (χ2n) is 7.92. The predicted molar refractivity (Wildman–Crippen MR) is 108 cm³/mol. The van der Waals surface area contributed by atoms with Gasteiger partial charge in [-0.25, -0.2) is 0 Å². The number of carboxylic acids is 2. The van der Waals surface area contributed by atoms with Crippen molar-refractivity contribution in [3.05, 3.63) is 0 Å². The van der Waals surface area contributed by atoms with Gasteiger partial charge in [0.15, 0.2) is 0 Å². The van der Waals surface area contributed by atoms with E-state index in [0.717, 1.165) is 0 Å². The second-order valence-corrected chi connectivity index (χ2v) is 7.92. The maximum Gasteiger partial charge on any atom is 2.00 e. The summed E-state index contributed by atoms with van der Waals surface area (Å²) in [5.74, 6) is -3.94. The Bertz CT molecular complexity index is 535. The van der Waals surface area contributed by atoms with Crippen LogP contribution < -0.4 is 20.8 Å². The molecule has 2 amide bonds. The monoisotopic (exact) mass is 494 g/mol. The minimum atomic E-state index is -1.37. The third-order valence-electron chi connectivity index (χ3n) is 4.05. The van der Waals surface area contributed by atoms with Gasteiger partial charge in [0.05, 0.1) is 13.2 Å². The van der Waals surface area contributed by atoms with E-state index >= 15 is 0 Å². The molecule has 8 N–H and O–H groups in total. The smallest absolute Gasteiger partial charge is 0.550 e. The van der Waals surface area contributed by atoms with E-state index in [0.29, 0.717) is 0 Å². The summed E-state index contributed by atoms with van der Waals surface area (Å²) < 4.78 is 0. The molecular formula is C18H34CaN2O11. The molecule has 0 heterocycles. The van der Waals surface area contributed by atoms with Crippen molar-refractivity contribution in [2.75, 3.05) is 26.3 Å². The van der Waals surface area contributed by atoms with Gasteiger partial charge in [-0.2, -0.15) is 0 Å². The number of carbonyl (C=O) groups excluding carboxylic acids is 4. The molecule has 14 heteroatoms. The third-order valence-corrected chi connectivity index (χ3v) is 4.05. The summed E-state index contributed by atoms with van der Waals surface area (Å²) in [4.78, 5) is 42.6. The molecule has 0 aromatic heterocycles. The summed E-state index contributed by atoms with van der Waals surface area (Å²) in [5, 5.41) is 61.3. The topological polar surface area (TPSA) is 251 Å². The fourth-order valence-electron chi connectivity index (χ4n) is 1.65. The van der Waals surface area contributed by atoms with Crippen LogP contribution in [0.4, 0.5) is 0 Å². The van der Waals surface area contributed by atoms with E-state index in [2.05, 4.69) is 10.6 Å². The molecule has 0 aliphatic rings. The van der Waals surface area contributed by atoms with E-state index < -0.39 is 46.8 Å². The Kier molecular flexibility index (Phi) is 21.9. The average molecular weight is 495 g/mol. The van der Waals surface area contributed by atoms with Gasteiger partial charge in [-0.1, -0.05) is 27.7 Å². The maximum atomic E-state index is 11.2. The Labute approximate surface area is 216 Å². The molecule has 2 atom stereocenters. The Morgan fingerprint density at radius 3 is 1.19 bits per heavy atom. The molecule has 0 fully saturated rings. The van der Waals surface area contributed by atoms with Crippen LogP contribution in [-0.4, -0.2) is 126 Å². The number of carboxylic acid groups (broad SMARTS) is 2. The Morgan fingerprint density at radius 2 is 1.00 bits per heavy atom. The van der Waals surface area contributed by atoms with Crippen molar-refractivity contribution in [3.8, 4) is 0 Å². The first-order valence-electron chi connectivity index (χ1n) is 9.15. The molecule has 13 nitrogen and oxygen atoms in total. The Hall–Kier alpha value is -1.06. The fraction of sp³-hybridized carbons (Fsp3) is 0.778. The summed E-state index contributed by atoms with van der Waals surface area (Å²) in [6, 6.07) is 0. The zero-order valence-electron chi connectivity index (χ0n) is 18.8. The van der Waals surface area contributed by atoms with Gasteiger partial charge in [0.1, 0.15) is 12.2 Å². The van der Waals surface area contributed by atoms with E-state index in [-0.39, 0.29) is 82.4 Å². The first-order chi connectivity index (χ1) is 13.6. The molecule has 0 radical (unpaired) electrons.